The number of carbonyl (C=O) groups is 2. The smallest absolute Gasteiger partial charge is 0.271 e. The van der Waals surface area contributed by atoms with Crippen molar-refractivity contribution in [3.8, 4) is 0 Å². The minimum atomic E-state index is -0.947. The molecule has 0 spiro atoms. The van der Waals surface area contributed by atoms with E-state index < -0.39 is 5.54 Å². The summed E-state index contributed by atoms with van der Waals surface area (Å²) in [6, 6.07) is 13.6. The molecule has 1 fully saturated rings. The monoisotopic (exact) mass is 402 g/mol. The molecule has 3 heterocycles. The number of likely N-dealkylation sites (N-methyl/N-ethyl adjacent to an activating group) is 2. The van der Waals surface area contributed by atoms with E-state index in [1.165, 1.54) is 4.90 Å². The summed E-state index contributed by atoms with van der Waals surface area (Å²) in [4.78, 5) is 34.4. The second-order valence-corrected chi connectivity index (χ2v) is 8.13. The third-order valence-electron chi connectivity index (χ3n) is 6.23. The Balaban J connectivity index is 1.75. The molecule has 30 heavy (non-hydrogen) atoms. The van der Waals surface area contributed by atoms with Gasteiger partial charge >= 0.3 is 0 Å². The molecule has 6 nitrogen and oxygen atoms in total. The summed E-state index contributed by atoms with van der Waals surface area (Å²) < 4.78 is 2.00. The molecule has 1 aliphatic heterocycles. The predicted molar refractivity (Wildman–Crippen MR) is 117 cm³/mol. The van der Waals surface area contributed by atoms with Crippen LogP contribution in [0.3, 0.4) is 0 Å². The first-order valence-corrected chi connectivity index (χ1v) is 10.0. The van der Waals surface area contributed by atoms with Crippen molar-refractivity contribution in [3.63, 3.8) is 0 Å². The quantitative estimate of drug-likeness (QED) is 0.632. The second kappa shape index (κ2) is 7.13. The lowest BCUT2D eigenvalue weighted by Crippen LogP contribution is -2.64. The number of hydrogen-bond acceptors (Lipinski definition) is 3. The fourth-order valence-corrected chi connectivity index (χ4v) is 4.08. The van der Waals surface area contributed by atoms with Crippen molar-refractivity contribution in [3.05, 3.63) is 76.9 Å². The summed E-state index contributed by atoms with van der Waals surface area (Å²) in [5, 5.41) is 0. The van der Waals surface area contributed by atoms with E-state index in [9.17, 15) is 9.59 Å². The average molecular weight is 402 g/mol. The Morgan fingerprint density at radius 2 is 1.73 bits per heavy atom. The number of amides is 2. The molecular formula is C24H26N4O2. The van der Waals surface area contributed by atoms with E-state index in [2.05, 4.69) is 4.98 Å². The topological polar surface area (TPSA) is 57.9 Å². The number of hydrogen-bond donors (Lipinski definition) is 0. The zero-order valence-electron chi connectivity index (χ0n) is 18.0. The van der Waals surface area contributed by atoms with Gasteiger partial charge in [-0.2, -0.15) is 0 Å². The first-order chi connectivity index (χ1) is 14.2. The zero-order chi connectivity index (χ0) is 21.6. The normalized spacial score (nSPS) is 21.2. The van der Waals surface area contributed by atoms with Gasteiger partial charge in [-0.25, -0.2) is 4.98 Å². The Kier molecular flexibility index (Phi) is 4.73. The molecule has 6 heteroatoms. The van der Waals surface area contributed by atoms with Gasteiger partial charge in [0.2, 0.25) is 0 Å². The Morgan fingerprint density at radius 3 is 2.43 bits per heavy atom. The molecule has 1 aliphatic rings. The fourth-order valence-electron chi connectivity index (χ4n) is 4.08. The van der Waals surface area contributed by atoms with Crippen molar-refractivity contribution in [1.82, 2.24) is 19.2 Å². The van der Waals surface area contributed by atoms with Gasteiger partial charge in [0, 0.05) is 38.0 Å². The molecule has 0 N–H and O–H groups in total. The summed E-state index contributed by atoms with van der Waals surface area (Å²) in [7, 11) is 3.37. The molecular weight excluding hydrogens is 376 g/mol. The molecule has 154 valence electrons. The Morgan fingerprint density at radius 1 is 1.03 bits per heavy atom. The van der Waals surface area contributed by atoms with E-state index in [-0.39, 0.29) is 11.8 Å². The van der Waals surface area contributed by atoms with Crippen LogP contribution in [0.5, 0.6) is 0 Å². The predicted octanol–water partition coefficient (Wildman–Crippen LogP) is 3.22. The largest absolute Gasteiger partial charge is 0.326 e. The summed E-state index contributed by atoms with van der Waals surface area (Å²) in [5.74, 6) is -0.292. The molecule has 3 aromatic rings. The maximum absolute atomic E-state index is 13.4. The number of fused-ring (bicyclic) bond motifs is 1. The van der Waals surface area contributed by atoms with E-state index in [1.54, 1.807) is 25.1 Å². The van der Waals surface area contributed by atoms with Gasteiger partial charge in [-0.05, 0) is 44.5 Å². The molecule has 0 saturated carbocycles. The Labute approximate surface area is 176 Å². The highest BCUT2D eigenvalue weighted by molar-refractivity contribution is 6.09. The molecule has 1 aromatic carbocycles. The van der Waals surface area contributed by atoms with Gasteiger partial charge in [-0.3, -0.25) is 9.59 Å². The molecule has 2 amide bonds. The third-order valence-corrected chi connectivity index (χ3v) is 6.23. The summed E-state index contributed by atoms with van der Waals surface area (Å²) in [6.07, 6.45) is 4.17. The van der Waals surface area contributed by atoms with Crippen LogP contribution in [-0.4, -0.2) is 50.6 Å². The van der Waals surface area contributed by atoms with Crippen LogP contribution in [-0.2, 0) is 16.0 Å². The molecule has 0 radical (unpaired) electrons. The first kappa shape index (κ1) is 19.9. The van der Waals surface area contributed by atoms with Gasteiger partial charge in [0.1, 0.15) is 16.9 Å². The van der Waals surface area contributed by atoms with Gasteiger partial charge in [-0.1, -0.05) is 30.3 Å². The number of nitrogens with zero attached hydrogens (tertiary/aromatic N) is 4. The lowest BCUT2D eigenvalue weighted by Gasteiger charge is -2.45. The number of pyridine rings is 1. The van der Waals surface area contributed by atoms with E-state index in [0.29, 0.717) is 12.1 Å². The third kappa shape index (κ3) is 3.00. The standard InChI is InChI=1S/C24H26N4O2/c1-16-17(2)28-13-9-12-19(21(28)25-16)14-20-22(29)27(5)24(3,23(30)26(20)4)15-18-10-7-6-8-11-18/h6-14H,15H2,1-5H3. The minimum Gasteiger partial charge on any atom is -0.326 e. The van der Waals surface area contributed by atoms with E-state index in [1.807, 2.05) is 73.8 Å². The number of piperazine rings is 1. The minimum absolute atomic E-state index is 0.109. The van der Waals surface area contributed by atoms with Crippen molar-refractivity contribution in [2.75, 3.05) is 14.1 Å². The van der Waals surface area contributed by atoms with Crippen LogP contribution in [0.25, 0.3) is 11.7 Å². The maximum atomic E-state index is 13.4. The number of carbonyl (C=O) groups excluding carboxylic acids is 2. The highest BCUT2D eigenvalue weighted by atomic mass is 16.2. The molecule has 1 atom stereocenters. The van der Waals surface area contributed by atoms with Crippen LogP contribution in [0.15, 0.2) is 54.4 Å². The Bertz CT molecular complexity index is 1180. The molecule has 2 aromatic heterocycles. The van der Waals surface area contributed by atoms with Gasteiger partial charge in [0.25, 0.3) is 11.8 Å². The van der Waals surface area contributed by atoms with Gasteiger partial charge in [0.05, 0.1) is 5.69 Å². The average Bonchev–Trinajstić information content (AvgIpc) is 3.04. The SMILES string of the molecule is Cc1nc2c(C=C3C(=O)N(C)C(C)(Cc4ccccc4)C(=O)N3C)cccn2c1C. The number of aromatic nitrogens is 2. The van der Waals surface area contributed by atoms with E-state index in [4.69, 9.17) is 0 Å². The van der Waals surface area contributed by atoms with E-state index >= 15 is 0 Å². The van der Waals surface area contributed by atoms with Crippen LogP contribution >= 0.6 is 0 Å². The summed E-state index contributed by atoms with van der Waals surface area (Å²) in [6.45, 7) is 5.80. The number of benzene rings is 1. The Hall–Kier alpha value is -3.41. The maximum Gasteiger partial charge on any atom is 0.271 e. The first-order valence-electron chi connectivity index (χ1n) is 10.0. The van der Waals surface area contributed by atoms with Crippen molar-refractivity contribution in [2.45, 2.75) is 32.7 Å². The van der Waals surface area contributed by atoms with Crippen LogP contribution in [0, 0.1) is 13.8 Å². The fraction of sp³-hybridized carbons (Fsp3) is 0.292. The number of aryl methyl sites for hydroxylation is 2. The van der Waals surface area contributed by atoms with Crippen molar-refractivity contribution in [1.29, 1.82) is 0 Å². The molecule has 0 bridgehead atoms. The van der Waals surface area contributed by atoms with Crippen LogP contribution < -0.4 is 0 Å². The molecule has 1 saturated heterocycles. The van der Waals surface area contributed by atoms with Crippen LogP contribution in [0.2, 0.25) is 0 Å². The highest BCUT2D eigenvalue weighted by Crippen LogP contribution is 2.31. The second-order valence-electron chi connectivity index (χ2n) is 8.13. The lowest BCUT2D eigenvalue weighted by atomic mass is 9.87. The van der Waals surface area contributed by atoms with Gasteiger partial charge in [0.15, 0.2) is 0 Å². The van der Waals surface area contributed by atoms with Crippen molar-refractivity contribution >= 4 is 23.5 Å². The number of rotatable bonds is 3. The van der Waals surface area contributed by atoms with E-state index in [0.717, 1.165) is 28.2 Å². The summed E-state index contributed by atoms with van der Waals surface area (Å²) in [5.41, 5.74) is 3.98. The molecule has 4 rings (SSSR count). The molecule has 1 unspecified atom stereocenters. The highest BCUT2D eigenvalue weighted by Gasteiger charge is 2.48. The van der Waals surface area contributed by atoms with Crippen LogP contribution in [0.1, 0.15) is 29.4 Å². The zero-order valence-corrected chi connectivity index (χ0v) is 18.0. The van der Waals surface area contributed by atoms with Gasteiger partial charge in [-0.15, -0.1) is 0 Å². The lowest BCUT2D eigenvalue weighted by molar-refractivity contribution is -0.155. The van der Waals surface area contributed by atoms with Gasteiger partial charge < -0.3 is 14.2 Å². The molecule has 0 aliphatic carbocycles. The number of imidazole rings is 1. The van der Waals surface area contributed by atoms with Crippen LogP contribution in [0.4, 0.5) is 0 Å². The summed E-state index contributed by atoms with van der Waals surface area (Å²) >= 11 is 0. The van der Waals surface area contributed by atoms with Crippen molar-refractivity contribution < 1.29 is 9.59 Å². The van der Waals surface area contributed by atoms with Crippen molar-refractivity contribution in [2.24, 2.45) is 0 Å².